The first-order chi connectivity index (χ1) is 5.66. The maximum atomic E-state index is 10.2. The fourth-order valence-electron chi connectivity index (χ4n) is 0.232. The molecule has 0 heterocycles. The van der Waals surface area contributed by atoms with Gasteiger partial charge in [0.05, 0.1) is 0 Å². The van der Waals surface area contributed by atoms with Crippen LogP contribution >= 0.6 is 0 Å². The van der Waals surface area contributed by atoms with E-state index in [2.05, 4.69) is 4.74 Å². The monoisotopic (exact) mass is 214 g/mol. The summed E-state index contributed by atoms with van der Waals surface area (Å²) >= 11 is 0. The topological polar surface area (TPSA) is 118 Å². The molecule has 0 aromatic rings. The van der Waals surface area contributed by atoms with Crippen LogP contribution in [0.25, 0.3) is 0 Å². The molecule has 0 bridgehead atoms. The van der Waals surface area contributed by atoms with Crippen molar-refractivity contribution in [2.75, 3.05) is 0 Å². The van der Waals surface area contributed by atoms with Gasteiger partial charge in [-0.2, -0.15) is 8.42 Å². The lowest BCUT2D eigenvalue weighted by molar-refractivity contribution is -0.157. The first-order valence-electron chi connectivity index (χ1n) is 3.08. The van der Waals surface area contributed by atoms with E-state index in [1.54, 1.807) is 6.92 Å². The Morgan fingerprint density at radius 3 is 1.69 bits per heavy atom. The minimum absolute atomic E-state index is 0.250. The Hall–Kier alpha value is -0.990. The van der Waals surface area contributed by atoms with Gasteiger partial charge in [-0.3, -0.25) is 18.7 Å². The van der Waals surface area contributed by atoms with Gasteiger partial charge in [0.25, 0.3) is 0 Å². The molecule has 0 aromatic heterocycles. The molecule has 0 aliphatic carbocycles. The van der Waals surface area contributed by atoms with Crippen LogP contribution in [0.5, 0.6) is 0 Å². The van der Waals surface area contributed by atoms with E-state index in [1.807, 2.05) is 0 Å². The molecule has 0 amide bonds. The highest BCUT2D eigenvalue weighted by Crippen LogP contribution is 1.82. The van der Waals surface area contributed by atoms with Gasteiger partial charge in [0.1, 0.15) is 0 Å². The normalized spacial score (nSPS) is 9.54. The summed E-state index contributed by atoms with van der Waals surface area (Å²) in [4.78, 5) is 20.1. The summed E-state index contributed by atoms with van der Waals surface area (Å²) in [6.07, 6.45) is 0.250. The zero-order chi connectivity index (χ0) is 11.1. The predicted molar refractivity (Wildman–Crippen MR) is 41.2 cm³/mol. The number of hydrogen-bond acceptors (Lipinski definition) is 5. The molecule has 0 atom stereocenters. The molecule has 7 nitrogen and oxygen atoms in total. The van der Waals surface area contributed by atoms with Crippen molar-refractivity contribution in [2.45, 2.75) is 20.3 Å². The number of rotatable bonds is 1. The molecule has 0 saturated carbocycles. The van der Waals surface area contributed by atoms with Crippen molar-refractivity contribution < 1.29 is 31.8 Å². The third kappa shape index (κ3) is 35.6. The lowest BCUT2D eigenvalue weighted by Gasteiger charge is -1.92. The molecule has 0 radical (unpaired) electrons. The number of esters is 2. The fraction of sp³-hybridized carbons (Fsp3) is 0.600. The Balaban J connectivity index is 0. The van der Waals surface area contributed by atoms with Gasteiger partial charge < -0.3 is 4.74 Å². The summed E-state index contributed by atoms with van der Waals surface area (Å²) < 4.78 is 35.7. The molecule has 0 spiro atoms. The van der Waals surface area contributed by atoms with Crippen molar-refractivity contribution in [3.05, 3.63) is 0 Å². The largest absolute Gasteiger partial charge is 0.394 e. The van der Waals surface area contributed by atoms with Crippen LogP contribution in [0.2, 0.25) is 0 Å². The summed E-state index contributed by atoms with van der Waals surface area (Å²) in [5, 5.41) is 0. The number of ether oxygens (including phenoxy) is 1. The lowest BCUT2D eigenvalue weighted by Crippen LogP contribution is -2.06. The molecule has 0 fully saturated rings. The second-order valence-corrected chi connectivity index (χ2v) is 2.66. The highest BCUT2D eigenvalue weighted by Gasteiger charge is 1.99. The Morgan fingerprint density at radius 2 is 1.62 bits per heavy atom. The second-order valence-electron chi connectivity index (χ2n) is 1.77. The maximum Gasteiger partial charge on any atom is 0.394 e. The summed E-state index contributed by atoms with van der Waals surface area (Å²) in [5.74, 6) is -1.02. The van der Waals surface area contributed by atoms with Crippen LogP contribution in [-0.4, -0.2) is 29.5 Å². The summed E-state index contributed by atoms with van der Waals surface area (Å²) in [7, 11) is -4.67. The summed E-state index contributed by atoms with van der Waals surface area (Å²) in [6.45, 7) is 2.83. The van der Waals surface area contributed by atoms with E-state index >= 15 is 0 Å². The van der Waals surface area contributed by atoms with E-state index < -0.39 is 22.3 Å². The Bertz CT molecular complexity index is 257. The van der Waals surface area contributed by atoms with Gasteiger partial charge in [-0.05, 0) is 0 Å². The van der Waals surface area contributed by atoms with Crippen molar-refractivity contribution in [2.24, 2.45) is 0 Å². The van der Waals surface area contributed by atoms with Crippen LogP contribution in [0.1, 0.15) is 20.3 Å². The van der Waals surface area contributed by atoms with E-state index in [-0.39, 0.29) is 6.42 Å². The first-order valence-corrected chi connectivity index (χ1v) is 4.47. The van der Waals surface area contributed by atoms with Crippen molar-refractivity contribution >= 4 is 22.3 Å². The summed E-state index contributed by atoms with van der Waals surface area (Å²) in [5.41, 5.74) is 0. The minimum Gasteiger partial charge on any atom is -0.393 e. The van der Waals surface area contributed by atoms with Gasteiger partial charge in [0, 0.05) is 13.3 Å². The molecule has 0 rings (SSSR count). The average Bonchev–Trinajstić information content (AvgIpc) is 1.82. The van der Waals surface area contributed by atoms with Gasteiger partial charge in [-0.15, -0.1) is 0 Å². The quantitative estimate of drug-likeness (QED) is 0.353. The predicted octanol–water partition coefficient (Wildman–Crippen LogP) is -0.167. The van der Waals surface area contributed by atoms with Crippen molar-refractivity contribution in [1.82, 2.24) is 0 Å². The molecular formula is C5H10O7S. The second kappa shape index (κ2) is 6.52. The van der Waals surface area contributed by atoms with Crippen molar-refractivity contribution in [3.8, 4) is 0 Å². The third-order valence-electron chi connectivity index (χ3n) is 0.546. The Morgan fingerprint density at radius 1 is 1.31 bits per heavy atom. The maximum absolute atomic E-state index is 10.2. The molecule has 8 heteroatoms. The van der Waals surface area contributed by atoms with Gasteiger partial charge in [0.2, 0.25) is 0 Å². The van der Waals surface area contributed by atoms with Gasteiger partial charge in [0.15, 0.2) is 0 Å². The molecule has 2 N–H and O–H groups in total. The molecular weight excluding hydrogens is 204 g/mol. The van der Waals surface area contributed by atoms with E-state index in [4.69, 9.17) is 17.5 Å². The van der Waals surface area contributed by atoms with Crippen molar-refractivity contribution in [1.29, 1.82) is 0 Å². The summed E-state index contributed by atoms with van der Waals surface area (Å²) in [6, 6.07) is 0. The minimum atomic E-state index is -4.67. The molecule has 0 unspecified atom stereocenters. The van der Waals surface area contributed by atoms with E-state index in [0.29, 0.717) is 0 Å². The molecule has 0 aliphatic heterocycles. The molecule has 13 heavy (non-hydrogen) atoms. The standard InChI is InChI=1S/C5H8O3.H2O4S/c1-3-5(7)8-4(2)6;1-5(2,3)4/h3H2,1-2H3;(H2,1,2,3,4). The number of carbonyl (C=O) groups excluding carboxylic acids is 2. The molecule has 0 aliphatic rings. The zero-order valence-electron chi connectivity index (χ0n) is 7.05. The first kappa shape index (κ1) is 14.5. The van der Waals surface area contributed by atoms with Gasteiger partial charge in [-0.1, -0.05) is 6.92 Å². The fourth-order valence-corrected chi connectivity index (χ4v) is 0.232. The van der Waals surface area contributed by atoms with E-state index in [0.717, 1.165) is 0 Å². The number of hydrogen-bond donors (Lipinski definition) is 2. The average molecular weight is 214 g/mol. The van der Waals surface area contributed by atoms with Crippen LogP contribution in [0.4, 0.5) is 0 Å². The van der Waals surface area contributed by atoms with Gasteiger partial charge >= 0.3 is 22.3 Å². The Labute approximate surface area is 75.3 Å². The van der Waals surface area contributed by atoms with Crippen molar-refractivity contribution in [3.63, 3.8) is 0 Å². The number of carbonyl (C=O) groups is 2. The van der Waals surface area contributed by atoms with Crippen LogP contribution in [0.15, 0.2) is 0 Å². The van der Waals surface area contributed by atoms with Gasteiger partial charge in [-0.25, -0.2) is 0 Å². The highest BCUT2D eigenvalue weighted by atomic mass is 32.3. The van der Waals surface area contributed by atoms with Crippen LogP contribution < -0.4 is 0 Å². The van der Waals surface area contributed by atoms with Crippen LogP contribution in [0, 0.1) is 0 Å². The van der Waals surface area contributed by atoms with E-state index in [9.17, 15) is 9.59 Å². The van der Waals surface area contributed by atoms with E-state index in [1.165, 1.54) is 6.92 Å². The third-order valence-corrected chi connectivity index (χ3v) is 0.546. The lowest BCUT2D eigenvalue weighted by atomic mass is 10.5. The Kier molecular flexibility index (Phi) is 7.28. The smallest absolute Gasteiger partial charge is 0.393 e. The molecule has 78 valence electrons. The SMILES string of the molecule is CCC(=O)OC(C)=O.O=S(=O)(O)O. The van der Waals surface area contributed by atoms with Crippen LogP contribution in [0.3, 0.4) is 0 Å². The molecule has 0 saturated heterocycles. The highest BCUT2D eigenvalue weighted by molar-refractivity contribution is 7.79. The zero-order valence-corrected chi connectivity index (χ0v) is 7.87. The van der Waals surface area contributed by atoms with Crippen LogP contribution in [-0.2, 0) is 24.7 Å². The molecule has 0 aromatic carbocycles.